The van der Waals surface area contributed by atoms with Gasteiger partial charge in [0.25, 0.3) is 5.88 Å². The molecule has 0 saturated heterocycles. The van der Waals surface area contributed by atoms with Gasteiger partial charge < -0.3 is 4.74 Å². The summed E-state index contributed by atoms with van der Waals surface area (Å²) in [5.74, 6) is -0.634. The van der Waals surface area contributed by atoms with Crippen molar-refractivity contribution in [1.29, 1.82) is 0 Å². The lowest BCUT2D eigenvalue weighted by molar-refractivity contribution is 0.422. The van der Waals surface area contributed by atoms with Crippen LogP contribution in [0.4, 0.5) is 4.39 Å². The van der Waals surface area contributed by atoms with E-state index in [4.69, 9.17) is 39.5 Å². The first-order valence-electron chi connectivity index (χ1n) is 4.61. The largest absolute Gasteiger partial charge is 0.435 e. The monoisotopic (exact) mass is 369 g/mol. The van der Waals surface area contributed by atoms with Crippen molar-refractivity contribution in [3.8, 4) is 11.6 Å². The predicted molar refractivity (Wildman–Crippen MR) is 73.4 cm³/mol. The summed E-state index contributed by atoms with van der Waals surface area (Å²) in [6.45, 7) is 0. The molecule has 2 rings (SSSR count). The van der Waals surface area contributed by atoms with E-state index in [2.05, 4.69) is 20.9 Å². The summed E-state index contributed by atoms with van der Waals surface area (Å²) in [4.78, 5) is 3.79. The van der Waals surface area contributed by atoms with E-state index in [9.17, 15) is 4.39 Å². The van der Waals surface area contributed by atoms with E-state index < -0.39 is 5.82 Å². The van der Waals surface area contributed by atoms with E-state index in [1.165, 1.54) is 24.4 Å². The third-order valence-corrected chi connectivity index (χ3v) is 3.41. The molecule has 1 heterocycles. The molecule has 0 aliphatic heterocycles. The van der Waals surface area contributed by atoms with Gasteiger partial charge in [0.1, 0.15) is 5.75 Å². The van der Waals surface area contributed by atoms with Gasteiger partial charge in [-0.25, -0.2) is 9.37 Å². The molecule has 18 heavy (non-hydrogen) atoms. The molecule has 1 aromatic heterocycles. The van der Waals surface area contributed by atoms with Crippen molar-refractivity contribution in [3.63, 3.8) is 0 Å². The Morgan fingerprint density at radius 1 is 1.06 bits per heavy atom. The van der Waals surface area contributed by atoms with Crippen LogP contribution in [0.25, 0.3) is 0 Å². The van der Waals surface area contributed by atoms with Gasteiger partial charge in [0.2, 0.25) is 0 Å². The van der Waals surface area contributed by atoms with Gasteiger partial charge in [-0.05, 0) is 28.1 Å². The van der Waals surface area contributed by atoms with Gasteiger partial charge in [-0.3, -0.25) is 0 Å². The Hall–Kier alpha value is -0.550. The smallest absolute Gasteiger partial charge is 0.255 e. The normalized spacial score (nSPS) is 10.5. The Bertz CT molecular complexity index is 609. The maximum atomic E-state index is 13.5. The van der Waals surface area contributed by atoms with Gasteiger partial charge in [-0.15, -0.1) is 0 Å². The molecule has 0 fully saturated rings. The standard InChI is InChI=1S/C11H4BrCl3FNO/c12-5-1-9(16)11(17-4-5)18-10-3-7(14)6(13)2-8(10)15/h1-4H. The summed E-state index contributed by atoms with van der Waals surface area (Å²) in [5, 5.41) is 0.764. The van der Waals surface area contributed by atoms with Crippen LogP contribution >= 0.6 is 50.7 Å². The van der Waals surface area contributed by atoms with E-state index in [-0.39, 0.29) is 21.7 Å². The van der Waals surface area contributed by atoms with Crippen molar-refractivity contribution < 1.29 is 9.13 Å². The molecule has 0 aliphatic rings. The zero-order chi connectivity index (χ0) is 13.3. The fourth-order valence-electron chi connectivity index (χ4n) is 1.16. The predicted octanol–water partition coefficient (Wildman–Crippen LogP) is 5.74. The van der Waals surface area contributed by atoms with Gasteiger partial charge in [0, 0.05) is 16.7 Å². The first-order chi connectivity index (χ1) is 8.47. The maximum Gasteiger partial charge on any atom is 0.255 e. The molecule has 7 heteroatoms. The summed E-state index contributed by atoms with van der Waals surface area (Å²) >= 11 is 20.6. The molecule has 0 atom stereocenters. The van der Waals surface area contributed by atoms with E-state index in [0.717, 1.165) is 0 Å². The number of aromatic nitrogens is 1. The number of pyridine rings is 1. The molecule has 1 aromatic carbocycles. The Morgan fingerprint density at radius 2 is 1.72 bits per heavy atom. The van der Waals surface area contributed by atoms with Crippen molar-refractivity contribution in [1.82, 2.24) is 4.98 Å². The number of ether oxygens (including phenoxy) is 1. The molecule has 2 nitrogen and oxygen atoms in total. The fraction of sp³-hybridized carbons (Fsp3) is 0. The summed E-state index contributed by atoms with van der Waals surface area (Å²) in [6.07, 6.45) is 1.41. The van der Waals surface area contributed by atoms with Crippen LogP contribution in [0, 0.1) is 5.82 Å². The van der Waals surface area contributed by atoms with E-state index in [1.54, 1.807) is 0 Å². The van der Waals surface area contributed by atoms with Crippen LogP contribution in [0.5, 0.6) is 11.6 Å². The Kier molecular flexibility index (Phi) is 4.33. The topological polar surface area (TPSA) is 22.1 Å². The molecule has 0 saturated carbocycles. The highest BCUT2D eigenvalue weighted by Gasteiger charge is 2.12. The molecule has 0 N–H and O–H groups in total. The van der Waals surface area contributed by atoms with Gasteiger partial charge in [0.15, 0.2) is 5.82 Å². The lowest BCUT2D eigenvalue weighted by Gasteiger charge is -2.08. The quantitative estimate of drug-likeness (QED) is 0.629. The molecule has 2 aromatic rings. The zero-order valence-corrected chi connectivity index (χ0v) is 12.4. The Morgan fingerprint density at radius 3 is 2.39 bits per heavy atom. The first-order valence-corrected chi connectivity index (χ1v) is 6.53. The third-order valence-electron chi connectivity index (χ3n) is 1.96. The average molecular weight is 371 g/mol. The number of benzene rings is 1. The summed E-state index contributed by atoms with van der Waals surface area (Å²) in [7, 11) is 0. The lowest BCUT2D eigenvalue weighted by atomic mass is 10.3. The third kappa shape index (κ3) is 3.06. The molecular weight excluding hydrogens is 367 g/mol. The van der Waals surface area contributed by atoms with Crippen LogP contribution in [0.15, 0.2) is 28.9 Å². The highest BCUT2D eigenvalue weighted by molar-refractivity contribution is 9.10. The number of hydrogen-bond donors (Lipinski definition) is 0. The van der Waals surface area contributed by atoms with Crippen LogP contribution in [0.1, 0.15) is 0 Å². The number of hydrogen-bond acceptors (Lipinski definition) is 2. The van der Waals surface area contributed by atoms with Gasteiger partial charge in [-0.1, -0.05) is 34.8 Å². The zero-order valence-electron chi connectivity index (χ0n) is 8.55. The number of halogens is 5. The Labute approximate surface area is 126 Å². The van der Waals surface area contributed by atoms with Crippen molar-refractivity contribution in [3.05, 3.63) is 49.8 Å². The van der Waals surface area contributed by atoms with Gasteiger partial charge >= 0.3 is 0 Å². The lowest BCUT2D eigenvalue weighted by Crippen LogP contribution is -1.92. The van der Waals surface area contributed by atoms with E-state index >= 15 is 0 Å². The second-order valence-corrected chi connectivity index (χ2v) is 5.38. The summed E-state index contributed by atoms with van der Waals surface area (Å²) < 4.78 is 19.3. The first kappa shape index (κ1) is 13.9. The SMILES string of the molecule is Fc1cc(Br)cnc1Oc1cc(Cl)c(Cl)cc1Cl. The van der Waals surface area contributed by atoms with Gasteiger partial charge in [0.05, 0.1) is 15.1 Å². The molecule has 0 bridgehead atoms. The molecule has 0 unspecified atom stereocenters. The van der Waals surface area contributed by atoms with Crippen molar-refractivity contribution in [2.75, 3.05) is 0 Å². The minimum absolute atomic E-state index is 0.180. The molecule has 0 radical (unpaired) electrons. The fourth-order valence-corrected chi connectivity index (χ4v) is 2.04. The molecule has 0 aliphatic carbocycles. The second kappa shape index (κ2) is 5.61. The van der Waals surface area contributed by atoms with Crippen LogP contribution in [0.3, 0.4) is 0 Å². The van der Waals surface area contributed by atoms with E-state index in [1.807, 2.05) is 0 Å². The van der Waals surface area contributed by atoms with Crippen LogP contribution in [-0.2, 0) is 0 Å². The number of rotatable bonds is 2. The average Bonchev–Trinajstić information content (AvgIpc) is 2.29. The Balaban J connectivity index is 2.37. The van der Waals surface area contributed by atoms with Crippen molar-refractivity contribution in [2.45, 2.75) is 0 Å². The van der Waals surface area contributed by atoms with Crippen LogP contribution in [-0.4, -0.2) is 4.98 Å². The van der Waals surface area contributed by atoms with Crippen LogP contribution in [0.2, 0.25) is 15.1 Å². The number of nitrogens with zero attached hydrogens (tertiary/aromatic N) is 1. The minimum Gasteiger partial charge on any atom is -0.435 e. The molecule has 0 spiro atoms. The highest BCUT2D eigenvalue weighted by Crippen LogP contribution is 2.36. The van der Waals surface area contributed by atoms with Crippen molar-refractivity contribution in [2.24, 2.45) is 0 Å². The molecule has 94 valence electrons. The summed E-state index contributed by atoms with van der Waals surface area (Å²) in [6, 6.07) is 4.04. The second-order valence-electron chi connectivity index (χ2n) is 3.24. The van der Waals surface area contributed by atoms with Crippen LogP contribution < -0.4 is 4.74 Å². The van der Waals surface area contributed by atoms with E-state index in [0.29, 0.717) is 9.50 Å². The highest BCUT2D eigenvalue weighted by atomic mass is 79.9. The van der Waals surface area contributed by atoms with Crippen molar-refractivity contribution >= 4 is 50.7 Å². The van der Waals surface area contributed by atoms with Gasteiger partial charge in [-0.2, -0.15) is 0 Å². The maximum absolute atomic E-state index is 13.5. The minimum atomic E-state index is -0.619. The summed E-state index contributed by atoms with van der Waals surface area (Å²) in [5.41, 5.74) is 0. The molecular formula is C11H4BrCl3FNO. The molecule has 0 amide bonds.